The van der Waals surface area contributed by atoms with Crippen LogP contribution in [0.1, 0.15) is 28.4 Å². The van der Waals surface area contributed by atoms with E-state index >= 15 is 0 Å². The van der Waals surface area contributed by atoms with Crippen LogP contribution in [0.5, 0.6) is 0 Å². The minimum absolute atomic E-state index is 0.158. The number of hydrogen-bond donors (Lipinski definition) is 0. The van der Waals surface area contributed by atoms with Crippen molar-refractivity contribution in [1.82, 2.24) is 25.0 Å². The number of hydrogen-bond acceptors (Lipinski definition) is 6. The average molecular weight is 426 g/mol. The molecule has 11 heteroatoms. The summed E-state index contributed by atoms with van der Waals surface area (Å²) >= 11 is 0. The number of benzene rings is 1. The van der Waals surface area contributed by atoms with Crippen LogP contribution in [0.3, 0.4) is 0 Å². The first-order chi connectivity index (χ1) is 14.9. The number of rotatable bonds is 4. The van der Waals surface area contributed by atoms with Crippen molar-refractivity contribution in [2.24, 2.45) is 7.05 Å². The molecule has 4 heterocycles. The molecule has 0 spiro atoms. The van der Waals surface area contributed by atoms with Gasteiger partial charge in [0.2, 0.25) is 5.89 Å². The second kappa shape index (κ2) is 7.04. The van der Waals surface area contributed by atoms with E-state index in [9.17, 15) is 18.0 Å². The van der Waals surface area contributed by atoms with Gasteiger partial charge in [-0.1, -0.05) is 0 Å². The van der Waals surface area contributed by atoms with Gasteiger partial charge in [0.1, 0.15) is 5.82 Å². The zero-order valence-electron chi connectivity index (χ0n) is 16.0. The topological polar surface area (TPSA) is 89.9 Å². The molecule has 0 N–H and O–H groups in total. The van der Waals surface area contributed by atoms with E-state index in [4.69, 9.17) is 4.42 Å². The number of halogens is 3. The van der Waals surface area contributed by atoms with Gasteiger partial charge >= 0.3 is 6.43 Å². The standard InChI is InChI=1S/C20H13F3N6O2/c1-28-8-11(7-25-28)13-5-12(21)2-3-16(13)29-9-15-14(20(29)30)4-10(6-24-15)18-26-27-19(31-18)17(22)23/h2-8,17H,9H2,1H3. The van der Waals surface area contributed by atoms with Crippen molar-refractivity contribution < 1.29 is 22.4 Å². The summed E-state index contributed by atoms with van der Waals surface area (Å²) in [5, 5.41) is 11.0. The molecule has 1 aromatic carbocycles. The van der Waals surface area contributed by atoms with Gasteiger partial charge in [-0.15, -0.1) is 10.2 Å². The smallest absolute Gasteiger partial charge is 0.314 e. The highest BCUT2D eigenvalue weighted by molar-refractivity contribution is 6.11. The quantitative estimate of drug-likeness (QED) is 0.494. The lowest BCUT2D eigenvalue weighted by Gasteiger charge is -2.19. The molecule has 8 nitrogen and oxygen atoms in total. The van der Waals surface area contributed by atoms with E-state index in [2.05, 4.69) is 20.3 Å². The number of alkyl halides is 2. The van der Waals surface area contributed by atoms with Crippen LogP contribution in [-0.4, -0.2) is 30.9 Å². The van der Waals surface area contributed by atoms with E-state index in [1.165, 1.54) is 35.4 Å². The van der Waals surface area contributed by atoms with Crippen LogP contribution in [0, 0.1) is 5.82 Å². The fraction of sp³-hybridized carbons (Fsp3) is 0.150. The van der Waals surface area contributed by atoms with Crippen LogP contribution in [0.25, 0.3) is 22.6 Å². The molecule has 1 amide bonds. The first kappa shape index (κ1) is 19.0. The molecule has 0 fully saturated rings. The zero-order valence-corrected chi connectivity index (χ0v) is 16.0. The Morgan fingerprint density at radius 2 is 1.94 bits per heavy atom. The molecule has 3 aromatic heterocycles. The Morgan fingerprint density at radius 3 is 2.65 bits per heavy atom. The third kappa shape index (κ3) is 3.23. The second-order valence-electron chi connectivity index (χ2n) is 6.92. The van der Waals surface area contributed by atoms with Crippen molar-refractivity contribution >= 4 is 11.6 Å². The minimum Gasteiger partial charge on any atom is -0.415 e. The van der Waals surface area contributed by atoms with E-state index in [1.807, 2.05) is 0 Å². The third-order valence-electron chi connectivity index (χ3n) is 4.89. The van der Waals surface area contributed by atoms with Gasteiger partial charge in [-0.25, -0.2) is 4.39 Å². The number of fused-ring (bicyclic) bond motifs is 1. The summed E-state index contributed by atoms with van der Waals surface area (Å²) in [6, 6.07) is 5.61. The number of pyridine rings is 1. The summed E-state index contributed by atoms with van der Waals surface area (Å²) in [7, 11) is 1.74. The molecule has 31 heavy (non-hydrogen) atoms. The van der Waals surface area contributed by atoms with Gasteiger partial charge in [-0.2, -0.15) is 13.9 Å². The molecule has 0 bridgehead atoms. The number of aromatic nitrogens is 5. The molecule has 1 aliphatic heterocycles. The fourth-order valence-corrected chi connectivity index (χ4v) is 3.46. The molecule has 0 atom stereocenters. The Bertz CT molecular complexity index is 1320. The van der Waals surface area contributed by atoms with E-state index in [1.54, 1.807) is 24.1 Å². The van der Waals surface area contributed by atoms with Gasteiger partial charge in [-0.05, 0) is 24.3 Å². The Morgan fingerprint density at radius 1 is 1.10 bits per heavy atom. The van der Waals surface area contributed by atoms with Gasteiger partial charge in [-0.3, -0.25) is 14.5 Å². The molecule has 0 aliphatic carbocycles. The maximum atomic E-state index is 14.0. The van der Waals surface area contributed by atoms with Gasteiger partial charge in [0.15, 0.2) is 0 Å². The molecular formula is C20H13F3N6O2. The number of aryl methyl sites for hydroxylation is 1. The van der Waals surface area contributed by atoms with Crippen molar-refractivity contribution in [3.8, 4) is 22.6 Å². The number of nitrogens with zero attached hydrogens (tertiary/aromatic N) is 6. The van der Waals surface area contributed by atoms with Crippen LogP contribution in [0.4, 0.5) is 18.9 Å². The molecule has 0 saturated carbocycles. The molecule has 156 valence electrons. The van der Waals surface area contributed by atoms with Crippen LogP contribution in [0.2, 0.25) is 0 Å². The Kier molecular flexibility index (Phi) is 4.31. The zero-order chi connectivity index (χ0) is 21.7. The monoisotopic (exact) mass is 426 g/mol. The summed E-state index contributed by atoms with van der Waals surface area (Å²) in [6.45, 7) is 0.166. The predicted molar refractivity (Wildman–Crippen MR) is 102 cm³/mol. The van der Waals surface area contributed by atoms with Gasteiger partial charge < -0.3 is 9.32 Å². The molecule has 4 aromatic rings. The number of amides is 1. The maximum Gasteiger partial charge on any atom is 0.314 e. The summed E-state index contributed by atoms with van der Waals surface area (Å²) < 4.78 is 45.9. The van der Waals surface area contributed by atoms with Crippen molar-refractivity contribution in [2.45, 2.75) is 13.0 Å². The molecule has 0 radical (unpaired) electrons. The first-order valence-electron chi connectivity index (χ1n) is 9.12. The van der Waals surface area contributed by atoms with Gasteiger partial charge in [0.25, 0.3) is 11.8 Å². The average Bonchev–Trinajstić information content (AvgIpc) is 3.47. The van der Waals surface area contributed by atoms with Crippen LogP contribution in [-0.2, 0) is 13.6 Å². The molecule has 1 aliphatic rings. The SMILES string of the molecule is Cn1cc(-c2cc(F)ccc2N2Cc3ncc(-c4nnc(C(F)F)o4)cc3C2=O)cn1. The lowest BCUT2D eigenvalue weighted by molar-refractivity contribution is 0.0996. The van der Waals surface area contributed by atoms with Crippen LogP contribution >= 0.6 is 0 Å². The second-order valence-corrected chi connectivity index (χ2v) is 6.92. The maximum absolute atomic E-state index is 14.0. The summed E-state index contributed by atoms with van der Waals surface area (Å²) in [5.74, 6) is -1.78. The summed E-state index contributed by atoms with van der Waals surface area (Å²) in [4.78, 5) is 18.9. The van der Waals surface area contributed by atoms with Crippen LogP contribution in [0.15, 0.2) is 47.3 Å². The van der Waals surface area contributed by atoms with E-state index < -0.39 is 18.1 Å². The van der Waals surface area contributed by atoms with E-state index in [-0.39, 0.29) is 29.5 Å². The minimum atomic E-state index is -2.90. The third-order valence-corrected chi connectivity index (χ3v) is 4.89. The summed E-state index contributed by atoms with van der Waals surface area (Å²) in [6.07, 6.45) is 1.78. The molecule has 0 saturated heterocycles. The fourth-order valence-electron chi connectivity index (χ4n) is 3.46. The summed E-state index contributed by atoms with van der Waals surface area (Å²) in [5.41, 5.74) is 2.67. The number of anilines is 1. The lowest BCUT2D eigenvalue weighted by atomic mass is 10.1. The van der Waals surface area contributed by atoms with Crippen molar-refractivity contribution in [3.05, 3.63) is 65.8 Å². The van der Waals surface area contributed by atoms with Crippen molar-refractivity contribution in [1.29, 1.82) is 0 Å². The molecule has 5 rings (SSSR count). The predicted octanol–water partition coefficient (Wildman–Crippen LogP) is 3.77. The Hall–Kier alpha value is -4.02. The van der Waals surface area contributed by atoms with Gasteiger partial charge in [0.05, 0.1) is 35.2 Å². The highest BCUT2D eigenvalue weighted by Gasteiger charge is 2.32. The van der Waals surface area contributed by atoms with Crippen LogP contribution < -0.4 is 4.90 Å². The lowest BCUT2D eigenvalue weighted by Crippen LogP contribution is -2.23. The number of carbonyl (C=O) groups excluding carboxylic acids is 1. The van der Waals surface area contributed by atoms with E-state index in [0.29, 0.717) is 22.5 Å². The Balaban J connectivity index is 1.52. The highest BCUT2D eigenvalue weighted by Crippen LogP contribution is 2.37. The molecular weight excluding hydrogens is 413 g/mol. The van der Waals surface area contributed by atoms with Crippen molar-refractivity contribution in [3.63, 3.8) is 0 Å². The Labute approximate surface area is 173 Å². The largest absolute Gasteiger partial charge is 0.415 e. The number of carbonyl (C=O) groups is 1. The van der Waals surface area contributed by atoms with Crippen molar-refractivity contribution in [2.75, 3.05) is 4.90 Å². The van der Waals surface area contributed by atoms with E-state index in [0.717, 1.165) is 0 Å². The molecule has 0 unspecified atom stereocenters. The normalized spacial score (nSPS) is 13.3. The highest BCUT2D eigenvalue weighted by atomic mass is 19.3. The first-order valence-corrected chi connectivity index (χ1v) is 9.12. The van der Waals surface area contributed by atoms with Gasteiger partial charge in [0, 0.05) is 30.6 Å².